The zero-order valence-corrected chi connectivity index (χ0v) is 9.23. The minimum absolute atomic E-state index is 0.840. The Morgan fingerprint density at radius 1 is 1.50 bits per heavy atom. The molecule has 1 nitrogen and oxygen atoms in total. The largest absolute Gasteiger partial charge is 0.398 e. The highest BCUT2D eigenvalue weighted by Crippen LogP contribution is 2.27. The number of nitrogens with two attached hydrogens (primary N) is 1. The molecular weight excluding hydrogens is 305 g/mol. The molecule has 0 aliphatic heterocycles. The third kappa shape index (κ3) is 1.45. The highest BCUT2D eigenvalue weighted by molar-refractivity contribution is 14.1. The molecule has 1 rings (SSSR count). The Morgan fingerprint density at radius 3 is 2.60 bits per heavy atom. The average Bonchev–Trinajstić information content (AvgIpc) is 1.93. The van der Waals surface area contributed by atoms with Gasteiger partial charge in [0.1, 0.15) is 0 Å². The molecule has 0 aromatic heterocycles. The monoisotopic (exact) mass is 311 g/mol. The Balaban J connectivity index is 3.34. The lowest BCUT2D eigenvalue weighted by Crippen LogP contribution is -1.91. The number of hydrogen-bond acceptors (Lipinski definition) is 1. The van der Waals surface area contributed by atoms with E-state index in [-0.39, 0.29) is 0 Å². The van der Waals surface area contributed by atoms with Crippen molar-refractivity contribution in [1.82, 2.24) is 0 Å². The lowest BCUT2D eigenvalue weighted by molar-refractivity contribution is 1.43. The molecule has 3 heteroatoms. The highest BCUT2D eigenvalue weighted by atomic mass is 127. The van der Waals surface area contributed by atoms with Crippen LogP contribution < -0.4 is 5.73 Å². The zero-order valence-electron chi connectivity index (χ0n) is 5.49. The summed E-state index contributed by atoms with van der Waals surface area (Å²) in [5.41, 5.74) is 7.69. The van der Waals surface area contributed by atoms with Gasteiger partial charge >= 0.3 is 0 Å². The van der Waals surface area contributed by atoms with Gasteiger partial charge in [-0.25, -0.2) is 0 Å². The summed E-state index contributed by atoms with van der Waals surface area (Å²) in [6, 6.07) is 4.05. The Bertz CT molecular complexity index is 233. The molecule has 0 aliphatic carbocycles. The van der Waals surface area contributed by atoms with Crippen LogP contribution >= 0.6 is 38.5 Å². The standard InChI is InChI=1S/C7H7BrIN/c1-4-2-3-5(9)6(8)7(4)10/h2-3H,10H2,1H3. The van der Waals surface area contributed by atoms with E-state index in [1.165, 1.54) is 0 Å². The van der Waals surface area contributed by atoms with Crippen molar-refractivity contribution in [3.8, 4) is 0 Å². The molecule has 1 aromatic carbocycles. The Kier molecular flexibility index (Phi) is 2.57. The van der Waals surface area contributed by atoms with Gasteiger partial charge in [-0.05, 0) is 57.1 Å². The summed E-state index contributed by atoms with van der Waals surface area (Å²) in [6.07, 6.45) is 0. The van der Waals surface area contributed by atoms with Crippen LogP contribution in [0.15, 0.2) is 16.6 Å². The number of benzene rings is 1. The first-order valence-electron chi connectivity index (χ1n) is 2.83. The minimum atomic E-state index is 0.840. The molecule has 0 atom stereocenters. The number of halogens is 2. The lowest BCUT2D eigenvalue weighted by atomic mass is 10.2. The van der Waals surface area contributed by atoms with E-state index in [2.05, 4.69) is 38.5 Å². The van der Waals surface area contributed by atoms with E-state index >= 15 is 0 Å². The second-order valence-electron chi connectivity index (χ2n) is 2.09. The van der Waals surface area contributed by atoms with Crippen LogP contribution in [0.2, 0.25) is 0 Å². The summed E-state index contributed by atoms with van der Waals surface area (Å²) in [7, 11) is 0. The van der Waals surface area contributed by atoms with Gasteiger partial charge in [0.15, 0.2) is 0 Å². The molecule has 54 valence electrons. The normalized spacial score (nSPS) is 9.90. The molecule has 0 bridgehead atoms. The Morgan fingerprint density at radius 2 is 2.10 bits per heavy atom. The molecule has 0 aliphatic rings. The van der Waals surface area contributed by atoms with Gasteiger partial charge in [0, 0.05) is 9.26 Å². The zero-order chi connectivity index (χ0) is 7.72. The van der Waals surface area contributed by atoms with Gasteiger partial charge in [0.2, 0.25) is 0 Å². The van der Waals surface area contributed by atoms with E-state index in [4.69, 9.17) is 5.73 Å². The van der Waals surface area contributed by atoms with Gasteiger partial charge in [-0.15, -0.1) is 0 Å². The second kappa shape index (κ2) is 3.09. The van der Waals surface area contributed by atoms with Gasteiger partial charge in [-0.2, -0.15) is 0 Å². The van der Waals surface area contributed by atoms with Crippen LogP contribution in [-0.2, 0) is 0 Å². The van der Waals surface area contributed by atoms with Gasteiger partial charge in [0.05, 0.1) is 4.47 Å². The number of nitrogen functional groups attached to an aromatic ring is 1. The molecule has 0 saturated carbocycles. The van der Waals surface area contributed by atoms with Crippen LogP contribution in [0, 0.1) is 10.5 Å². The maximum absolute atomic E-state index is 5.73. The number of hydrogen-bond donors (Lipinski definition) is 1. The summed E-state index contributed by atoms with van der Waals surface area (Å²) in [6.45, 7) is 2.00. The lowest BCUT2D eigenvalue weighted by Gasteiger charge is -2.03. The minimum Gasteiger partial charge on any atom is -0.398 e. The molecule has 10 heavy (non-hydrogen) atoms. The fraction of sp³-hybridized carbons (Fsp3) is 0.143. The molecule has 0 spiro atoms. The predicted octanol–water partition coefficient (Wildman–Crippen LogP) is 2.94. The van der Waals surface area contributed by atoms with E-state index in [9.17, 15) is 0 Å². The Labute approximate surface area is 82.3 Å². The summed E-state index contributed by atoms with van der Waals surface area (Å²) in [5, 5.41) is 0. The summed E-state index contributed by atoms with van der Waals surface area (Å²) >= 11 is 5.64. The quantitative estimate of drug-likeness (QED) is 0.578. The van der Waals surface area contributed by atoms with Gasteiger partial charge in [-0.3, -0.25) is 0 Å². The fourth-order valence-electron chi connectivity index (χ4n) is 0.663. The van der Waals surface area contributed by atoms with Crippen molar-refractivity contribution in [2.24, 2.45) is 0 Å². The van der Waals surface area contributed by atoms with Crippen molar-refractivity contribution < 1.29 is 0 Å². The van der Waals surface area contributed by atoms with Crippen molar-refractivity contribution in [2.75, 3.05) is 5.73 Å². The molecule has 0 fully saturated rings. The van der Waals surface area contributed by atoms with Crippen molar-refractivity contribution in [3.05, 3.63) is 25.7 Å². The molecule has 0 radical (unpaired) electrons. The molecule has 0 amide bonds. The van der Waals surface area contributed by atoms with E-state index in [0.717, 1.165) is 19.3 Å². The second-order valence-corrected chi connectivity index (χ2v) is 4.05. The topological polar surface area (TPSA) is 26.0 Å². The van der Waals surface area contributed by atoms with Crippen molar-refractivity contribution in [2.45, 2.75) is 6.92 Å². The van der Waals surface area contributed by atoms with Crippen LogP contribution in [0.5, 0.6) is 0 Å². The number of aryl methyl sites for hydroxylation is 1. The SMILES string of the molecule is Cc1ccc(I)c(Br)c1N. The van der Waals surface area contributed by atoms with Crippen LogP contribution in [0.3, 0.4) is 0 Å². The van der Waals surface area contributed by atoms with Crippen LogP contribution in [0.1, 0.15) is 5.56 Å². The molecule has 1 aromatic rings. The van der Waals surface area contributed by atoms with Crippen LogP contribution in [0.4, 0.5) is 5.69 Å². The molecule has 0 unspecified atom stereocenters. The molecule has 0 saturated heterocycles. The number of rotatable bonds is 0. The maximum Gasteiger partial charge on any atom is 0.0541 e. The smallest absolute Gasteiger partial charge is 0.0541 e. The highest BCUT2D eigenvalue weighted by Gasteiger charge is 2.01. The van der Waals surface area contributed by atoms with Gasteiger partial charge in [0.25, 0.3) is 0 Å². The Hall–Kier alpha value is 0.230. The third-order valence-electron chi connectivity index (χ3n) is 1.35. The molecule has 2 N–H and O–H groups in total. The van der Waals surface area contributed by atoms with Crippen LogP contribution in [-0.4, -0.2) is 0 Å². The van der Waals surface area contributed by atoms with E-state index in [1.54, 1.807) is 0 Å². The first-order chi connectivity index (χ1) is 4.63. The van der Waals surface area contributed by atoms with E-state index in [0.29, 0.717) is 0 Å². The van der Waals surface area contributed by atoms with Gasteiger partial charge in [-0.1, -0.05) is 6.07 Å². The van der Waals surface area contributed by atoms with Crippen molar-refractivity contribution >= 4 is 44.2 Å². The first-order valence-corrected chi connectivity index (χ1v) is 4.70. The molecule has 0 heterocycles. The fourth-order valence-corrected chi connectivity index (χ4v) is 1.58. The maximum atomic E-state index is 5.73. The summed E-state index contributed by atoms with van der Waals surface area (Å²) < 4.78 is 2.16. The molecular formula is C7H7BrIN. The van der Waals surface area contributed by atoms with Gasteiger partial charge < -0.3 is 5.73 Å². The number of anilines is 1. The van der Waals surface area contributed by atoms with E-state index < -0.39 is 0 Å². The summed E-state index contributed by atoms with van der Waals surface area (Å²) in [5.74, 6) is 0. The predicted molar refractivity (Wildman–Crippen MR) is 56.0 cm³/mol. The van der Waals surface area contributed by atoms with Crippen LogP contribution in [0.25, 0.3) is 0 Å². The van der Waals surface area contributed by atoms with E-state index in [1.807, 2.05) is 19.1 Å². The first kappa shape index (κ1) is 8.33. The summed E-state index contributed by atoms with van der Waals surface area (Å²) in [4.78, 5) is 0. The third-order valence-corrected chi connectivity index (χ3v) is 3.85. The average molecular weight is 312 g/mol. The van der Waals surface area contributed by atoms with Crippen molar-refractivity contribution in [3.63, 3.8) is 0 Å². The van der Waals surface area contributed by atoms with Crippen molar-refractivity contribution in [1.29, 1.82) is 0 Å².